The summed E-state index contributed by atoms with van der Waals surface area (Å²) in [6.45, 7) is 3.31. The van der Waals surface area contributed by atoms with E-state index in [2.05, 4.69) is 22.4 Å². The number of fused-ring (bicyclic) bond motifs is 2. The van der Waals surface area contributed by atoms with Crippen molar-refractivity contribution in [3.63, 3.8) is 0 Å². The number of piperidine rings is 1. The Kier molecular flexibility index (Phi) is 5.76. The number of nitrogens with zero attached hydrogens (tertiary/aromatic N) is 2. The van der Waals surface area contributed by atoms with Gasteiger partial charge in [0.2, 0.25) is 0 Å². The first kappa shape index (κ1) is 21.8. The number of carbonyl (C=O) groups excluding carboxylic acids is 2. The molecular formula is C26H27N3O3S. The van der Waals surface area contributed by atoms with Crippen molar-refractivity contribution in [2.75, 3.05) is 20.2 Å². The normalized spacial score (nSPS) is 21.1. The Hall–Kier alpha value is -3.03. The van der Waals surface area contributed by atoms with Crippen LogP contribution in [0.3, 0.4) is 0 Å². The van der Waals surface area contributed by atoms with Gasteiger partial charge < -0.3 is 15.0 Å². The highest BCUT2D eigenvalue weighted by atomic mass is 32.1. The summed E-state index contributed by atoms with van der Waals surface area (Å²) in [7, 11) is 1.72. The maximum atomic E-state index is 13.1. The third-order valence-electron chi connectivity index (χ3n) is 7.16. The summed E-state index contributed by atoms with van der Waals surface area (Å²) in [6.07, 6.45) is 4.62. The molecule has 1 aliphatic carbocycles. The number of amides is 2. The van der Waals surface area contributed by atoms with Crippen molar-refractivity contribution in [3.8, 4) is 0 Å². The summed E-state index contributed by atoms with van der Waals surface area (Å²) in [5.74, 6) is -0.0303. The highest BCUT2D eigenvalue weighted by molar-refractivity contribution is 7.12. The molecule has 2 aromatic heterocycles. The van der Waals surface area contributed by atoms with Crippen molar-refractivity contribution in [2.24, 2.45) is 0 Å². The van der Waals surface area contributed by atoms with Gasteiger partial charge in [-0.05, 0) is 60.0 Å². The highest BCUT2D eigenvalue weighted by Crippen LogP contribution is 2.52. The van der Waals surface area contributed by atoms with Crippen molar-refractivity contribution >= 4 is 23.2 Å². The molecular weight excluding hydrogens is 434 g/mol. The number of nitrogens with one attached hydrogen (secondary N) is 1. The van der Waals surface area contributed by atoms with Crippen LogP contribution in [0.5, 0.6) is 0 Å². The highest BCUT2D eigenvalue weighted by Gasteiger charge is 2.54. The molecule has 2 aliphatic rings. The SMILES string of the molecule is CO[C@H]1[C@H](NC(=O)c2ccncc2)c2ccccc2C12CCN(C(=O)c1sccc1C)CC2. The molecule has 2 atom stereocenters. The van der Waals surface area contributed by atoms with Gasteiger partial charge in [-0.25, -0.2) is 0 Å². The Morgan fingerprint density at radius 1 is 1.12 bits per heavy atom. The Labute approximate surface area is 197 Å². The van der Waals surface area contributed by atoms with Gasteiger partial charge in [-0.15, -0.1) is 11.3 Å². The number of methoxy groups -OCH3 is 1. The second kappa shape index (κ2) is 8.72. The van der Waals surface area contributed by atoms with E-state index in [1.54, 1.807) is 31.6 Å². The number of thiophene rings is 1. The number of pyridine rings is 1. The molecule has 0 saturated carbocycles. The summed E-state index contributed by atoms with van der Waals surface area (Å²) in [4.78, 5) is 32.9. The molecule has 1 aliphatic heterocycles. The lowest BCUT2D eigenvalue weighted by Gasteiger charge is -2.44. The fraction of sp³-hybridized carbons (Fsp3) is 0.346. The molecule has 6 nitrogen and oxygen atoms in total. The smallest absolute Gasteiger partial charge is 0.264 e. The molecule has 33 heavy (non-hydrogen) atoms. The lowest BCUT2D eigenvalue weighted by atomic mass is 9.72. The van der Waals surface area contributed by atoms with E-state index in [-0.39, 0.29) is 29.4 Å². The Morgan fingerprint density at radius 3 is 2.52 bits per heavy atom. The average Bonchev–Trinajstić information content (AvgIpc) is 3.39. The van der Waals surface area contributed by atoms with Gasteiger partial charge in [0.15, 0.2) is 0 Å². The first-order valence-electron chi connectivity index (χ1n) is 11.2. The Bertz CT molecular complexity index is 1170. The van der Waals surface area contributed by atoms with E-state index in [0.717, 1.165) is 28.8 Å². The third-order valence-corrected chi connectivity index (χ3v) is 8.17. The van der Waals surface area contributed by atoms with Crippen molar-refractivity contribution in [1.29, 1.82) is 0 Å². The quantitative estimate of drug-likeness (QED) is 0.634. The molecule has 170 valence electrons. The number of aryl methyl sites for hydroxylation is 1. The maximum Gasteiger partial charge on any atom is 0.264 e. The summed E-state index contributed by atoms with van der Waals surface area (Å²) in [6, 6.07) is 13.5. The summed E-state index contributed by atoms with van der Waals surface area (Å²) in [5.41, 5.74) is 3.68. The van der Waals surface area contributed by atoms with Crippen LogP contribution in [-0.4, -0.2) is 48.0 Å². The van der Waals surface area contributed by atoms with Crippen LogP contribution in [0.25, 0.3) is 0 Å². The maximum absolute atomic E-state index is 13.1. The van der Waals surface area contributed by atoms with Crippen LogP contribution >= 0.6 is 11.3 Å². The van der Waals surface area contributed by atoms with E-state index >= 15 is 0 Å². The fourth-order valence-corrected chi connectivity index (χ4v) is 6.39. The number of ether oxygens (including phenoxy) is 1. The van der Waals surface area contributed by atoms with E-state index < -0.39 is 0 Å². The molecule has 3 aromatic rings. The monoisotopic (exact) mass is 461 g/mol. The predicted molar refractivity (Wildman–Crippen MR) is 128 cm³/mol. The van der Waals surface area contributed by atoms with Crippen LogP contribution < -0.4 is 5.32 Å². The second-order valence-corrected chi connectivity index (χ2v) is 9.73. The number of hydrogen-bond acceptors (Lipinski definition) is 5. The van der Waals surface area contributed by atoms with Gasteiger partial charge in [0.25, 0.3) is 11.8 Å². The molecule has 7 heteroatoms. The molecule has 1 fully saturated rings. The minimum atomic E-state index is -0.256. The number of rotatable bonds is 4. The van der Waals surface area contributed by atoms with Crippen molar-refractivity contribution in [2.45, 2.75) is 37.3 Å². The van der Waals surface area contributed by atoms with Crippen LogP contribution in [-0.2, 0) is 10.2 Å². The van der Waals surface area contributed by atoms with Crippen molar-refractivity contribution < 1.29 is 14.3 Å². The fourth-order valence-electron chi connectivity index (χ4n) is 5.50. The van der Waals surface area contributed by atoms with Crippen LogP contribution in [0, 0.1) is 6.92 Å². The lowest BCUT2D eigenvalue weighted by molar-refractivity contribution is -0.00923. The molecule has 1 N–H and O–H groups in total. The van der Waals surface area contributed by atoms with Crippen LogP contribution in [0.2, 0.25) is 0 Å². The van der Waals surface area contributed by atoms with Gasteiger partial charge in [-0.3, -0.25) is 14.6 Å². The van der Waals surface area contributed by atoms with Crippen LogP contribution in [0.15, 0.2) is 60.2 Å². The first-order chi connectivity index (χ1) is 16.0. The lowest BCUT2D eigenvalue weighted by Crippen LogP contribution is -2.51. The van der Waals surface area contributed by atoms with Gasteiger partial charge >= 0.3 is 0 Å². The molecule has 1 aromatic carbocycles. The van der Waals surface area contributed by atoms with E-state index in [4.69, 9.17) is 4.74 Å². The number of hydrogen-bond donors (Lipinski definition) is 1. The van der Waals surface area contributed by atoms with Gasteiger partial charge in [-0.2, -0.15) is 0 Å². The predicted octanol–water partition coefficient (Wildman–Crippen LogP) is 4.13. The van der Waals surface area contributed by atoms with E-state index in [0.29, 0.717) is 18.7 Å². The Morgan fingerprint density at radius 2 is 1.85 bits per heavy atom. The van der Waals surface area contributed by atoms with Crippen molar-refractivity contribution in [3.05, 3.63) is 87.4 Å². The number of likely N-dealkylation sites (tertiary alicyclic amines) is 1. The van der Waals surface area contributed by atoms with Gasteiger partial charge in [0.1, 0.15) is 0 Å². The molecule has 0 unspecified atom stereocenters. The van der Waals surface area contributed by atoms with Gasteiger partial charge in [0.05, 0.1) is 17.0 Å². The zero-order valence-corrected chi connectivity index (χ0v) is 19.6. The molecule has 0 radical (unpaired) electrons. The molecule has 0 bridgehead atoms. The van der Waals surface area contributed by atoms with E-state index in [1.807, 2.05) is 35.4 Å². The molecule has 1 saturated heterocycles. The molecule has 2 amide bonds. The third kappa shape index (κ3) is 3.65. The zero-order chi connectivity index (χ0) is 23.0. The van der Waals surface area contributed by atoms with Crippen LogP contribution in [0.1, 0.15) is 55.6 Å². The Balaban J connectivity index is 1.42. The minimum absolute atomic E-state index is 0.111. The number of benzene rings is 1. The zero-order valence-electron chi connectivity index (χ0n) is 18.8. The van der Waals surface area contributed by atoms with Crippen molar-refractivity contribution in [1.82, 2.24) is 15.2 Å². The van der Waals surface area contributed by atoms with E-state index in [1.165, 1.54) is 16.9 Å². The minimum Gasteiger partial charge on any atom is -0.378 e. The number of carbonyl (C=O) groups is 2. The van der Waals surface area contributed by atoms with E-state index in [9.17, 15) is 9.59 Å². The topological polar surface area (TPSA) is 71.5 Å². The van der Waals surface area contributed by atoms with Gasteiger partial charge in [-0.1, -0.05) is 24.3 Å². The average molecular weight is 462 g/mol. The van der Waals surface area contributed by atoms with Gasteiger partial charge in [0, 0.05) is 43.6 Å². The summed E-state index contributed by atoms with van der Waals surface area (Å²) >= 11 is 1.51. The first-order valence-corrected chi connectivity index (χ1v) is 12.1. The summed E-state index contributed by atoms with van der Waals surface area (Å²) < 4.78 is 6.09. The molecule has 1 spiro atoms. The summed E-state index contributed by atoms with van der Waals surface area (Å²) in [5, 5.41) is 5.19. The largest absolute Gasteiger partial charge is 0.378 e. The second-order valence-electron chi connectivity index (χ2n) is 8.81. The van der Waals surface area contributed by atoms with Crippen LogP contribution in [0.4, 0.5) is 0 Å². The molecule has 3 heterocycles. The standard InChI is InChI=1S/C26H27N3O3S/c1-17-9-16-33-22(17)25(31)29-14-10-26(11-15-29)20-6-4-3-5-19(20)21(23(26)32-2)28-24(30)18-7-12-27-13-8-18/h3-9,12-13,16,21,23H,10-11,14-15H2,1-2H3,(H,28,30)/t21-,23+/m1/s1. The molecule has 5 rings (SSSR count). The number of aromatic nitrogens is 1.